The third kappa shape index (κ3) is 5.01. The number of nitrogens with zero attached hydrogens (tertiary/aromatic N) is 3. The molecule has 0 unspecified atom stereocenters. The largest absolute Gasteiger partial charge is 0.399 e. The normalized spacial score (nSPS) is 12.7. The molecule has 0 atom stereocenters. The second-order valence-electron chi connectivity index (χ2n) is 6.68. The molecule has 2 aromatic carbocycles. The van der Waals surface area contributed by atoms with Crippen LogP contribution in [0.2, 0.25) is 5.02 Å². The molecule has 154 valence electrons. The lowest BCUT2D eigenvalue weighted by atomic mass is 10.1. The third-order valence-corrected chi connectivity index (χ3v) is 5.05. The standard InChI is InChI=1S/C20H20ClN5O.2ClH/c21-17-9-8-15(23-20(27)13-5-4-6-14(22)11-13)12-16(17)19-25-24-18-7-2-1-3-10-26(18)19;;/h4-6,8-9,11-12H,1-3,7,10,22H2,(H,23,27);2*1H. The zero-order chi connectivity index (χ0) is 18.8. The highest BCUT2D eigenvalue weighted by molar-refractivity contribution is 6.33. The molecular weight excluding hydrogens is 433 g/mol. The van der Waals surface area contributed by atoms with Crippen molar-refractivity contribution in [3.8, 4) is 11.4 Å². The van der Waals surface area contributed by atoms with Crippen LogP contribution in [0.4, 0.5) is 11.4 Å². The number of amides is 1. The number of halogens is 3. The van der Waals surface area contributed by atoms with Crippen molar-refractivity contribution < 1.29 is 4.79 Å². The van der Waals surface area contributed by atoms with Crippen molar-refractivity contribution in [3.05, 3.63) is 58.9 Å². The number of nitrogens with one attached hydrogen (secondary N) is 1. The van der Waals surface area contributed by atoms with Crippen molar-refractivity contribution >= 4 is 53.7 Å². The van der Waals surface area contributed by atoms with E-state index in [0.29, 0.717) is 22.0 Å². The number of fused-ring (bicyclic) bond motifs is 1. The quantitative estimate of drug-likeness (QED) is 0.545. The molecule has 4 rings (SSSR count). The molecule has 3 aromatic rings. The predicted octanol–water partition coefficient (Wildman–Crippen LogP) is 5.00. The van der Waals surface area contributed by atoms with Gasteiger partial charge in [-0.3, -0.25) is 4.79 Å². The molecule has 29 heavy (non-hydrogen) atoms. The Morgan fingerprint density at radius 1 is 1.07 bits per heavy atom. The van der Waals surface area contributed by atoms with Gasteiger partial charge in [-0.15, -0.1) is 35.0 Å². The maximum Gasteiger partial charge on any atom is 0.255 e. The summed E-state index contributed by atoms with van der Waals surface area (Å²) in [5.74, 6) is 1.51. The smallest absolute Gasteiger partial charge is 0.255 e. The van der Waals surface area contributed by atoms with E-state index >= 15 is 0 Å². The highest BCUT2D eigenvalue weighted by atomic mass is 35.5. The number of hydrogen-bond acceptors (Lipinski definition) is 4. The van der Waals surface area contributed by atoms with Crippen LogP contribution < -0.4 is 11.1 Å². The van der Waals surface area contributed by atoms with E-state index in [1.807, 2.05) is 6.07 Å². The number of hydrogen-bond donors (Lipinski definition) is 2. The van der Waals surface area contributed by atoms with Gasteiger partial charge in [-0.2, -0.15) is 0 Å². The van der Waals surface area contributed by atoms with Gasteiger partial charge >= 0.3 is 0 Å². The lowest BCUT2D eigenvalue weighted by Crippen LogP contribution is -2.12. The Morgan fingerprint density at radius 3 is 2.69 bits per heavy atom. The summed E-state index contributed by atoms with van der Waals surface area (Å²) in [4.78, 5) is 12.5. The van der Waals surface area contributed by atoms with Crippen molar-refractivity contribution in [3.63, 3.8) is 0 Å². The summed E-state index contributed by atoms with van der Waals surface area (Å²) in [6.45, 7) is 0.883. The van der Waals surface area contributed by atoms with Crippen LogP contribution >= 0.6 is 36.4 Å². The van der Waals surface area contributed by atoms with E-state index in [9.17, 15) is 4.79 Å². The van der Waals surface area contributed by atoms with E-state index in [4.69, 9.17) is 17.3 Å². The van der Waals surface area contributed by atoms with E-state index < -0.39 is 0 Å². The molecule has 0 bridgehead atoms. The molecule has 0 saturated carbocycles. The van der Waals surface area contributed by atoms with E-state index in [0.717, 1.165) is 43.0 Å². The molecule has 1 amide bonds. The fourth-order valence-corrected chi connectivity index (χ4v) is 3.54. The molecule has 0 fully saturated rings. The van der Waals surface area contributed by atoms with Crippen LogP contribution in [-0.4, -0.2) is 20.7 Å². The summed E-state index contributed by atoms with van der Waals surface area (Å²) in [5.41, 5.74) is 8.22. The molecule has 9 heteroatoms. The number of rotatable bonds is 3. The first kappa shape index (κ1) is 23.0. The second kappa shape index (κ2) is 9.96. The Bertz CT molecular complexity index is 1010. The number of carbonyl (C=O) groups is 1. The van der Waals surface area contributed by atoms with E-state index in [1.165, 1.54) is 6.42 Å². The number of nitrogen functional groups attached to an aromatic ring is 1. The Morgan fingerprint density at radius 2 is 1.90 bits per heavy atom. The van der Waals surface area contributed by atoms with Crippen LogP contribution in [0.3, 0.4) is 0 Å². The van der Waals surface area contributed by atoms with Crippen molar-refractivity contribution in [2.24, 2.45) is 0 Å². The van der Waals surface area contributed by atoms with Gasteiger partial charge in [0.25, 0.3) is 5.91 Å². The van der Waals surface area contributed by atoms with Crippen LogP contribution in [-0.2, 0) is 13.0 Å². The lowest BCUT2D eigenvalue weighted by molar-refractivity contribution is 0.102. The second-order valence-corrected chi connectivity index (χ2v) is 7.08. The highest BCUT2D eigenvalue weighted by Crippen LogP contribution is 2.31. The summed E-state index contributed by atoms with van der Waals surface area (Å²) in [6.07, 6.45) is 4.34. The maximum atomic E-state index is 12.5. The van der Waals surface area contributed by atoms with Gasteiger partial charge in [-0.05, 0) is 49.2 Å². The molecule has 3 N–H and O–H groups in total. The summed E-state index contributed by atoms with van der Waals surface area (Å²) in [5, 5.41) is 12.2. The van der Waals surface area contributed by atoms with Gasteiger partial charge in [0.15, 0.2) is 5.82 Å². The highest BCUT2D eigenvalue weighted by Gasteiger charge is 2.18. The Kier molecular flexibility index (Phi) is 7.90. The van der Waals surface area contributed by atoms with Gasteiger partial charge in [0.1, 0.15) is 5.82 Å². The van der Waals surface area contributed by atoms with Gasteiger partial charge in [0, 0.05) is 35.5 Å². The first-order valence-corrected chi connectivity index (χ1v) is 9.38. The summed E-state index contributed by atoms with van der Waals surface area (Å²) in [7, 11) is 0. The Hall–Kier alpha value is -2.28. The molecule has 0 radical (unpaired) electrons. The maximum absolute atomic E-state index is 12.5. The van der Waals surface area contributed by atoms with E-state index in [1.54, 1.807) is 36.4 Å². The zero-order valence-corrected chi connectivity index (χ0v) is 18.0. The number of nitrogens with two attached hydrogens (primary N) is 1. The molecule has 6 nitrogen and oxygen atoms in total. The molecular formula is C20H22Cl3N5O. The molecule has 0 saturated heterocycles. The minimum atomic E-state index is -0.226. The lowest BCUT2D eigenvalue weighted by Gasteiger charge is -2.11. The fraction of sp³-hybridized carbons (Fsp3) is 0.250. The molecule has 2 heterocycles. The van der Waals surface area contributed by atoms with Gasteiger partial charge < -0.3 is 15.6 Å². The fourth-order valence-electron chi connectivity index (χ4n) is 3.34. The third-order valence-electron chi connectivity index (χ3n) is 4.72. The SMILES string of the molecule is Cl.Cl.Nc1cccc(C(=O)Nc2ccc(Cl)c(-c3nnc4n3CCCCC4)c2)c1. The minimum Gasteiger partial charge on any atom is -0.399 e. The first-order valence-electron chi connectivity index (χ1n) is 9.01. The van der Waals surface area contributed by atoms with Crippen LogP contribution in [0.25, 0.3) is 11.4 Å². The number of aromatic nitrogens is 3. The summed E-state index contributed by atoms with van der Waals surface area (Å²) in [6, 6.07) is 12.2. The van der Waals surface area contributed by atoms with Crippen LogP contribution in [0.5, 0.6) is 0 Å². The molecule has 1 aliphatic rings. The van der Waals surface area contributed by atoms with Crippen LogP contribution in [0.1, 0.15) is 35.4 Å². The van der Waals surface area contributed by atoms with E-state index in [2.05, 4.69) is 20.1 Å². The Balaban J connectivity index is 0.00000150. The topological polar surface area (TPSA) is 85.8 Å². The number of anilines is 2. The molecule has 0 spiro atoms. The van der Waals surface area contributed by atoms with Gasteiger partial charge in [0.2, 0.25) is 0 Å². The van der Waals surface area contributed by atoms with Gasteiger partial charge in [-0.25, -0.2) is 0 Å². The van der Waals surface area contributed by atoms with Gasteiger partial charge in [0.05, 0.1) is 5.02 Å². The van der Waals surface area contributed by atoms with Gasteiger partial charge in [-0.1, -0.05) is 24.1 Å². The van der Waals surface area contributed by atoms with E-state index in [-0.39, 0.29) is 30.7 Å². The monoisotopic (exact) mass is 453 g/mol. The number of carbonyl (C=O) groups excluding carboxylic acids is 1. The zero-order valence-electron chi connectivity index (χ0n) is 15.6. The molecule has 0 aliphatic carbocycles. The van der Waals surface area contributed by atoms with Crippen molar-refractivity contribution in [1.82, 2.24) is 14.8 Å². The minimum absolute atomic E-state index is 0. The summed E-state index contributed by atoms with van der Waals surface area (Å²) >= 11 is 6.43. The van der Waals surface area contributed by atoms with Crippen LogP contribution in [0.15, 0.2) is 42.5 Å². The molecule has 1 aromatic heterocycles. The van der Waals surface area contributed by atoms with Crippen LogP contribution in [0, 0.1) is 0 Å². The predicted molar refractivity (Wildman–Crippen MR) is 121 cm³/mol. The number of aryl methyl sites for hydroxylation is 1. The van der Waals surface area contributed by atoms with Crippen molar-refractivity contribution in [2.75, 3.05) is 11.1 Å². The molecule has 1 aliphatic heterocycles. The average molecular weight is 455 g/mol. The summed E-state index contributed by atoms with van der Waals surface area (Å²) < 4.78 is 2.14. The first-order chi connectivity index (χ1) is 13.1. The van der Waals surface area contributed by atoms with Crippen molar-refractivity contribution in [2.45, 2.75) is 32.2 Å². The van der Waals surface area contributed by atoms with Crippen molar-refractivity contribution in [1.29, 1.82) is 0 Å². The number of benzene rings is 2. The average Bonchev–Trinajstić information content (AvgIpc) is 2.91. The Labute approximate surface area is 186 Å².